The van der Waals surface area contributed by atoms with Crippen molar-refractivity contribution in [1.82, 2.24) is 0 Å². The molecule has 0 saturated carbocycles. The zero-order valence-electron chi connectivity index (χ0n) is 9.49. The van der Waals surface area contributed by atoms with Crippen LogP contribution in [0.4, 0.5) is 5.69 Å². The molecule has 1 rings (SSSR count). The zero-order valence-corrected chi connectivity index (χ0v) is 11.1. The van der Waals surface area contributed by atoms with Crippen molar-refractivity contribution in [3.8, 4) is 0 Å². The summed E-state index contributed by atoms with van der Waals surface area (Å²) < 4.78 is 46.2. The average Bonchev–Trinajstić information content (AvgIpc) is 2.14. The first-order valence-corrected chi connectivity index (χ1v) is 8.35. The van der Waals surface area contributed by atoms with E-state index in [0.717, 1.165) is 18.1 Å². The summed E-state index contributed by atoms with van der Waals surface area (Å²) in [5.41, 5.74) is 6.26. The molecule has 0 bridgehead atoms. The molecule has 0 aromatic heterocycles. The van der Waals surface area contributed by atoms with E-state index in [2.05, 4.69) is 0 Å². The van der Waals surface area contributed by atoms with E-state index in [-0.39, 0.29) is 5.69 Å². The minimum Gasteiger partial charge on any atom is -0.326 e. The molecule has 0 heterocycles. The van der Waals surface area contributed by atoms with Crippen LogP contribution in [-0.4, -0.2) is 29.3 Å². The summed E-state index contributed by atoms with van der Waals surface area (Å²) >= 11 is 0. The molecule has 96 valence electrons. The van der Waals surface area contributed by atoms with Crippen LogP contribution in [0.3, 0.4) is 0 Å². The molecule has 6 nitrogen and oxygen atoms in total. The minimum atomic E-state index is -3.88. The Morgan fingerprint density at radius 1 is 1.00 bits per heavy atom. The monoisotopic (exact) mass is 278 g/mol. The fourth-order valence-electron chi connectivity index (χ4n) is 1.38. The molecule has 17 heavy (non-hydrogen) atoms. The lowest BCUT2D eigenvalue weighted by Crippen LogP contribution is -2.35. The van der Waals surface area contributed by atoms with Gasteiger partial charge >= 0.3 is 0 Å². The van der Waals surface area contributed by atoms with Gasteiger partial charge in [-0.3, -0.25) is 0 Å². The second-order valence-electron chi connectivity index (χ2n) is 3.59. The fraction of sp³-hybridized carbons (Fsp3) is 0.333. The number of hydrogen-bond acceptors (Lipinski definition) is 5. The predicted octanol–water partition coefficient (Wildman–Crippen LogP) is -0.129. The number of nitrogens with zero attached hydrogens (tertiary/aromatic N) is 1. The van der Waals surface area contributed by atoms with E-state index in [1.807, 2.05) is 0 Å². The molecule has 8 heteroatoms. The topological polar surface area (TPSA) is 97.5 Å². The minimum absolute atomic E-state index is 0.0761. The third kappa shape index (κ3) is 3.42. The molecular weight excluding hydrogens is 264 g/mol. The summed E-state index contributed by atoms with van der Waals surface area (Å²) in [5.74, 6) is 0. The van der Waals surface area contributed by atoms with Crippen LogP contribution in [0.5, 0.6) is 0 Å². The Balaban J connectivity index is 3.34. The maximum absolute atomic E-state index is 11.5. The van der Waals surface area contributed by atoms with Gasteiger partial charge < -0.3 is 5.73 Å². The van der Waals surface area contributed by atoms with E-state index in [4.69, 9.17) is 5.73 Å². The third-order valence-electron chi connectivity index (χ3n) is 1.99. The van der Waals surface area contributed by atoms with Crippen molar-refractivity contribution in [3.63, 3.8) is 0 Å². The molecule has 1 aromatic rings. The lowest BCUT2D eigenvalue weighted by molar-refractivity contribution is 0.590. The van der Waals surface area contributed by atoms with Gasteiger partial charge in [-0.15, -0.1) is 0 Å². The second-order valence-corrected chi connectivity index (χ2v) is 7.49. The summed E-state index contributed by atoms with van der Waals surface area (Å²) in [7, 11) is -7.76. The first-order valence-electron chi connectivity index (χ1n) is 4.66. The highest BCUT2D eigenvalue weighted by atomic mass is 32.3. The largest absolute Gasteiger partial charge is 0.326 e. The molecule has 0 aliphatic carbocycles. The van der Waals surface area contributed by atoms with Crippen LogP contribution in [-0.2, 0) is 26.6 Å². The summed E-state index contributed by atoms with van der Waals surface area (Å²) in [6.45, 7) is 0.304. The first-order chi connectivity index (χ1) is 7.66. The molecule has 0 spiro atoms. The maximum Gasteiger partial charge on any atom is 0.245 e. The molecule has 2 N–H and O–H groups in total. The van der Waals surface area contributed by atoms with Gasteiger partial charge in [-0.25, -0.2) is 16.8 Å². The van der Waals surface area contributed by atoms with E-state index in [9.17, 15) is 16.8 Å². The molecule has 0 aliphatic heterocycles. The number of hydrogen-bond donors (Lipinski definition) is 1. The van der Waals surface area contributed by atoms with E-state index in [1.165, 1.54) is 12.1 Å². The Bertz CT molecular complexity index is 558. The van der Waals surface area contributed by atoms with Crippen LogP contribution in [0.1, 0.15) is 5.56 Å². The number of nitrogens with two attached hydrogens (primary N) is 1. The molecule has 0 saturated heterocycles. The lowest BCUT2D eigenvalue weighted by Gasteiger charge is -2.19. The highest BCUT2D eigenvalue weighted by molar-refractivity contribution is 8.09. The van der Waals surface area contributed by atoms with Crippen molar-refractivity contribution in [1.29, 1.82) is 0 Å². The molecule has 0 fully saturated rings. The molecule has 0 unspecified atom stereocenters. The summed E-state index contributed by atoms with van der Waals surface area (Å²) in [6.07, 6.45) is 1.68. The van der Waals surface area contributed by atoms with Crippen molar-refractivity contribution < 1.29 is 16.8 Å². The highest BCUT2D eigenvalue weighted by Gasteiger charge is 2.26. The second kappa shape index (κ2) is 4.63. The summed E-state index contributed by atoms with van der Waals surface area (Å²) in [6, 6.07) is 5.98. The number of sulfonamides is 2. The molecule has 1 aromatic carbocycles. The van der Waals surface area contributed by atoms with Gasteiger partial charge in [0.25, 0.3) is 0 Å². The SMILES string of the molecule is CS(=O)(=O)N(c1ccc(CN)cc1)S(C)(=O)=O. The van der Waals surface area contributed by atoms with Gasteiger partial charge in [0.1, 0.15) is 0 Å². The Hall–Kier alpha value is -1.12. The van der Waals surface area contributed by atoms with Gasteiger partial charge in [-0.2, -0.15) is 3.71 Å². The van der Waals surface area contributed by atoms with Gasteiger partial charge in [0.15, 0.2) is 0 Å². The van der Waals surface area contributed by atoms with E-state index < -0.39 is 20.0 Å². The Morgan fingerprint density at radius 2 is 1.41 bits per heavy atom. The van der Waals surface area contributed by atoms with Gasteiger partial charge in [-0.1, -0.05) is 12.1 Å². The molecule has 0 amide bonds. The van der Waals surface area contributed by atoms with Crippen LogP contribution >= 0.6 is 0 Å². The Morgan fingerprint density at radius 3 is 1.71 bits per heavy atom. The van der Waals surface area contributed by atoms with Crippen LogP contribution in [0.25, 0.3) is 0 Å². The predicted molar refractivity (Wildman–Crippen MR) is 66.5 cm³/mol. The molecule has 0 atom stereocenters. The van der Waals surface area contributed by atoms with Crippen molar-refractivity contribution in [2.45, 2.75) is 6.54 Å². The van der Waals surface area contributed by atoms with Gasteiger partial charge in [-0.05, 0) is 17.7 Å². The van der Waals surface area contributed by atoms with E-state index in [1.54, 1.807) is 12.1 Å². The lowest BCUT2D eigenvalue weighted by atomic mass is 10.2. The molecule has 0 aliphatic rings. The Kier molecular flexibility index (Phi) is 3.80. The normalized spacial score (nSPS) is 12.4. The van der Waals surface area contributed by atoms with Crippen LogP contribution in [0, 0.1) is 0 Å². The van der Waals surface area contributed by atoms with Crippen LogP contribution in [0.2, 0.25) is 0 Å². The van der Waals surface area contributed by atoms with Crippen molar-refractivity contribution in [3.05, 3.63) is 29.8 Å². The standard InChI is InChI=1S/C9H14N2O4S2/c1-16(12,13)11(17(2,14)15)9-5-3-8(7-10)4-6-9/h3-6H,7,10H2,1-2H3. The quantitative estimate of drug-likeness (QED) is 0.827. The van der Waals surface area contributed by atoms with Crippen LogP contribution < -0.4 is 9.44 Å². The average molecular weight is 278 g/mol. The van der Waals surface area contributed by atoms with Gasteiger partial charge in [0.2, 0.25) is 20.0 Å². The number of rotatable bonds is 4. The van der Waals surface area contributed by atoms with Gasteiger partial charge in [0.05, 0.1) is 18.2 Å². The number of benzene rings is 1. The summed E-state index contributed by atoms with van der Waals surface area (Å²) in [4.78, 5) is 0. The van der Waals surface area contributed by atoms with Crippen molar-refractivity contribution >= 4 is 25.7 Å². The first kappa shape index (κ1) is 13.9. The van der Waals surface area contributed by atoms with Crippen molar-refractivity contribution in [2.24, 2.45) is 5.73 Å². The smallest absolute Gasteiger partial charge is 0.245 e. The molecule has 0 radical (unpaired) electrons. The number of anilines is 1. The van der Waals surface area contributed by atoms with Crippen LogP contribution in [0.15, 0.2) is 24.3 Å². The zero-order chi connectivity index (χ0) is 13.3. The summed E-state index contributed by atoms with van der Waals surface area (Å²) in [5, 5.41) is 0. The molecular formula is C9H14N2O4S2. The highest BCUT2D eigenvalue weighted by Crippen LogP contribution is 2.21. The van der Waals surface area contributed by atoms with E-state index in [0.29, 0.717) is 10.3 Å². The fourth-order valence-corrected chi connectivity index (χ4v) is 4.36. The van der Waals surface area contributed by atoms with E-state index >= 15 is 0 Å². The maximum atomic E-state index is 11.5. The van der Waals surface area contributed by atoms with Crippen molar-refractivity contribution in [2.75, 3.05) is 16.2 Å². The Labute approximate surface area is 101 Å². The van der Waals surface area contributed by atoms with Gasteiger partial charge in [0, 0.05) is 6.54 Å². The third-order valence-corrected chi connectivity index (χ3v) is 5.24.